The van der Waals surface area contributed by atoms with Gasteiger partial charge in [-0.1, -0.05) is 6.07 Å². The van der Waals surface area contributed by atoms with Gasteiger partial charge in [-0.2, -0.15) is 4.98 Å². The Bertz CT molecular complexity index is 858. The average Bonchev–Trinajstić information content (AvgIpc) is 2.68. The first-order valence-electron chi connectivity index (χ1n) is 9.89. The highest BCUT2D eigenvalue weighted by Crippen LogP contribution is 2.25. The zero-order valence-electron chi connectivity index (χ0n) is 15.8. The number of carbonyl (C=O) groups excluding carboxylic acids is 1. The molecule has 1 saturated carbocycles. The van der Waals surface area contributed by atoms with Crippen molar-refractivity contribution in [3.05, 3.63) is 41.3 Å². The molecule has 2 aliphatic carbocycles. The molecule has 148 valence electrons. The highest BCUT2D eigenvalue weighted by Gasteiger charge is 2.24. The summed E-state index contributed by atoms with van der Waals surface area (Å²) in [6, 6.07) is 4.34. The van der Waals surface area contributed by atoms with E-state index in [1.165, 1.54) is 11.8 Å². The Kier molecular flexibility index (Phi) is 5.38. The van der Waals surface area contributed by atoms with E-state index >= 15 is 0 Å². The second kappa shape index (κ2) is 8.10. The van der Waals surface area contributed by atoms with Crippen LogP contribution in [0.3, 0.4) is 0 Å². The molecular weight excluding hydrogens is 356 g/mol. The molecule has 2 aliphatic rings. The number of aryl methyl sites for hydroxylation is 1. The van der Waals surface area contributed by atoms with Gasteiger partial charge in [0.2, 0.25) is 5.95 Å². The van der Waals surface area contributed by atoms with Crippen LogP contribution in [0.2, 0.25) is 0 Å². The van der Waals surface area contributed by atoms with Crippen molar-refractivity contribution < 1.29 is 9.90 Å². The number of hydrogen-bond acceptors (Lipinski definition) is 7. The van der Waals surface area contributed by atoms with Crippen molar-refractivity contribution in [2.45, 2.75) is 63.1 Å². The van der Waals surface area contributed by atoms with E-state index in [9.17, 15) is 9.90 Å². The summed E-state index contributed by atoms with van der Waals surface area (Å²) in [5.41, 5.74) is 8.17. The van der Waals surface area contributed by atoms with Crippen LogP contribution >= 0.6 is 0 Å². The molecule has 5 N–H and O–H groups in total. The van der Waals surface area contributed by atoms with Crippen LogP contribution in [-0.4, -0.2) is 44.2 Å². The number of carbonyl (C=O) groups is 1. The second-order valence-electron chi connectivity index (χ2n) is 7.68. The van der Waals surface area contributed by atoms with Crippen molar-refractivity contribution in [3.8, 4) is 0 Å². The summed E-state index contributed by atoms with van der Waals surface area (Å²) in [7, 11) is 0. The summed E-state index contributed by atoms with van der Waals surface area (Å²) in [4.78, 5) is 25.1. The molecule has 0 spiro atoms. The smallest absolute Gasteiger partial charge is 0.254 e. The Labute approximate surface area is 164 Å². The Morgan fingerprint density at radius 2 is 2.07 bits per heavy atom. The molecule has 2 aromatic rings. The Morgan fingerprint density at radius 1 is 1.18 bits per heavy atom. The van der Waals surface area contributed by atoms with E-state index in [2.05, 4.69) is 31.7 Å². The van der Waals surface area contributed by atoms with Gasteiger partial charge >= 0.3 is 0 Å². The van der Waals surface area contributed by atoms with Gasteiger partial charge < -0.3 is 21.5 Å². The second-order valence-corrected chi connectivity index (χ2v) is 7.68. The lowest BCUT2D eigenvalue weighted by molar-refractivity contribution is 0.100. The first-order chi connectivity index (χ1) is 13.6. The lowest BCUT2D eigenvalue weighted by Crippen LogP contribution is -2.32. The van der Waals surface area contributed by atoms with Crippen LogP contribution in [0.15, 0.2) is 24.5 Å². The van der Waals surface area contributed by atoms with Crippen molar-refractivity contribution in [2.75, 3.05) is 10.6 Å². The largest absolute Gasteiger partial charge is 0.393 e. The first kappa shape index (κ1) is 18.6. The van der Waals surface area contributed by atoms with Crippen molar-refractivity contribution in [2.24, 2.45) is 5.73 Å². The number of amides is 1. The normalized spacial score (nSPS) is 24.2. The Morgan fingerprint density at radius 3 is 2.89 bits per heavy atom. The molecule has 1 amide bonds. The minimum atomic E-state index is -0.567. The number of aromatic nitrogens is 3. The third kappa shape index (κ3) is 4.22. The average molecular weight is 382 g/mol. The number of anilines is 2. The molecule has 28 heavy (non-hydrogen) atoms. The van der Waals surface area contributed by atoms with Crippen LogP contribution in [0.5, 0.6) is 0 Å². The number of nitrogens with zero attached hydrogens (tertiary/aromatic N) is 3. The van der Waals surface area contributed by atoms with Crippen LogP contribution in [0.25, 0.3) is 0 Å². The van der Waals surface area contributed by atoms with Crippen molar-refractivity contribution in [1.82, 2.24) is 15.0 Å². The van der Waals surface area contributed by atoms with Gasteiger partial charge in [-0.3, -0.25) is 9.78 Å². The molecule has 2 aromatic heterocycles. The summed E-state index contributed by atoms with van der Waals surface area (Å²) in [5.74, 6) is 0.339. The minimum absolute atomic E-state index is 0.0669. The van der Waals surface area contributed by atoms with Gasteiger partial charge in [0.05, 0.1) is 11.7 Å². The summed E-state index contributed by atoms with van der Waals surface area (Å²) in [5, 5.41) is 16.6. The maximum atomic E-state index is 11.8. The van der Waals surface area contributed by atoms with E-state index in [1.807, 2.05) is 12.3 Å². The zero-order chi connectivity index (χ0) is 19.5. The fourth-order valence-corrected chi connectivity index (χ4v) is 4.10. The Balaban J connectivity index is 1.49. The standard InChI is InChI=1S/C20H26N6O2/c21-18(28)16-11-23-20(26-19(16)24-13-4-1-5-15(27)10-13)25-14-6-7-17-12(9-14)3-2-8-22-17/h2-3,8,11,13-15,27H,1,4-7,9-10H2,(H2,21,28)(H2,23,24,25,26)/t13-,14+,15?/m1/s1. The quantitative estimate of drug-likeness (QED) is 0.619. The van der Waals surface area contributed by atoms with E-state index in [0.29, 0.717) is 18.2 Å². The Hall–Kier alpha value is -2.74. The van der Waals surface area contributed by atoms with Crippen molar-refractivity contribution >= 4 is 17.7 Å². The van der Waals surface area contributed by atoms with Crippen molar-refractivity contribution in [3.63, 3.8) is 0 Å². The molecule has 1 unspecified atom stereocenters. The van der Waals surface area contributed by atoms with Gasteiger partial charge in [-0.05, 0) is 56.6 Å². The maximum absolute atomic E-state index is 11.8. The fourth-order valence-electron chi connectivity index (χ4n) is 4.10. The van der Waals surface area contributed by atoms with Gasteiger partial charge in [0.25, 0.3) is 5.91 Å². The highest BCUT2D eigenvalue weighted by molar-refractivity contribution is 5.97. The zero-order valence-corrected chi connectivity index (χ0v) is 15.8. The SMILES string of the molecule is NC(=O)c1cnc(N[C@H]2CCc3ncccc3C2)nc1N[C@@H]1CCCC(O)C1. The lowest BCUT2D eigenvalue weighted by atomic mass is 9.92. The highest BCUT2D eigenvalue weighted by atomic mass is 16.3. The van der Waals surface area contributed by atoms with Gasteiger partial charge in [0.1, 0.15) is 5.82 Å². The number of nitrogens with one attached hydrogen (secondary N) is 2. The van der Waals surface area contributed by atoms with E-state index in [1.54, 1.807) is 0 Å². The summed E-state index contributed by atoms with van der Waals surface area (Å²) in [6.07, 6.45) is 9.02. The predicted octanol–water partition coefficient (Wildman–Crippen LogP) is 1.66. The third-order valence-corrected chi connectivity index (χ3v) is 5.56. The van der Waals surface area contributed by atoms with E-state index in [0.717, 1.165) is 44.2 Å². The monoisotopic (exact) mass is 382 g/mol. The maximum Gasteiger partial charge on any atom is 0.254 e. The molecule has 0 radical (unpaired) electrons. The summed E-state index contributed by atoms with van der Waals surface area (Å²) < 4.78 is 0. The van der Waals surface area contributed by atoms with Gasteiger partial charge in [-0.15, -0.1) is 0 Å². The van der Waals surface area contributed by atoms with Crippen LogP contribution in [0, 0.1) is 0 Å². The predicted molar refractivity (Wildman–Crippen MR) is 106 cm³/mol. The van der Waals surface area contributed by atoms with Crippen LogP contribution in [0.1, 0.15) is 53.7 Å². The van der Waals surface area contributed by atoms with Gasteiger partial charge in [-0.25, -0.2) is 4.98 Å². The van der Waals surface area contributed by atoms with Gasteiger partial charge in [0.15, 0.2) is 0 Å². The number of pyridine rings is 1. The number of hydrogen-bond donors (Lipinski definition) is 4. The van der Waals surface area contributed by atoms with E-state index in [-0.39, 0.29) is 23.8 Å². The number of aliphatic hydroxyl groups excluding tert-OH is 1. The molecular formula is C20H26N6O2. The summed E-state index contributed by atoms with van der Waals surface area (Å²) >= 11 is 0. The molecule has 1 fully saturated rings. The molecule has 3 atom stereocenters. The minimum Gasteiger partial charge on any atom is -0.393 e. The summed E-state index contributed by atoms with van der Waals surface area (Å²) in [6.45, 7) is 0. The van der Waals surface area contributed by atoms with E-state index < -0.39 is 5.91 Å². The van der Waals surface area contributed by atoms with Crippen molar-refractivity contribution in [1.29, 1.82) is 0 Å². The van der Waals surface area contributed by atoms with Crippen LogP contribution < -0.4 is 16.4 Å². The number of primary amides is 1. The molecule has 8 nitrogen and oxygen atoms in total. The van der Waals surface area contributed by atoms with Gasteiger partial charge in [0, 0.05) is 30.2 Å². The van der Waals surface area contributed by atoms with E-state index in [4.69, 9.17) is 5.73 Å². The molecule has 2 heterocycles. The molecule has 8 heteroatoms. The number of rotatable bonds is 5. The molecule has 0 aliphatic heterocycles. The molecule has 4 rings (SSSR count). The number of fused-ring (bicyclic) bond motifs is 1. The third-order valence-electron chi connectivity index (χ3n) is 5.56. The van der Waals surface area contributed by atoms with Crippen LogP contribution in [-0.2, 0) is 12.8 Å². The molecule has 0 aromatic carbocycles. The van der Waals surface area contributed by atoms with Crippen LogP contribution in [0.4, 0.5) is 11.8 Å². The number of nitrogens with two attached hydrogens (primary N) is 1. The lowest BCUT2D eigenvalue weighted by Gasteiger charge is -2.28. The first-order valence-corrected chi connectivity index (χ1v) is 9.89. The number of aliphatic hydroxyl groups is 1. The fraction of sp³-hybridized carbons (Fsp3) is 0.500. The topological polar surface area (TPSA) is 126 Å². The molecule has 0 saturated heterocycles. The molecule has 0 bridgehead atoms.